The molecule has 3 rings (SSSR count). The minimum Gasteiger partial charge on any atom is -0.356 e. The lowest BCUT2D eigenvalue weighted by Crippen LogP contribution is -1.85. The van der Waals surface area contributed by atoms with Crippen molar-refractivity contribution in [2.24, 2.45) is 0 Å². The molecule has 0 aliphatic carbocycles. The zero-order valence-corrected chi connectivity index (χ0v) is 13.0. The van der Waals surface area contributed by atoms with Gasteiger partial charge in [-0.05, 0) is 18.4 Å². The summed E-state index contributed by atoms with van der Waals surface area (Å²) in [6.07, 6.45) is 4.97. The van der Waals surface area contributed by atoms with Crippen LogP contribution in [0.5, 0.6) is 0 Å². The largest absolute Gasteiger partial charge is 0.356 e. The Kier molecular flexibility index (Phi) is 4.69. The van der Waals surface area contributed by atoms with Crippen LogP contribution in [0.15, 0.2) is 65.2 Å². The van der Waals surface area contributed by atoms with E-state index < -0.39 is 0 Å². The third kappa shape index (κ3) is 3.45. The maximum atomic E-state index is 5.49. The van der Waals surface area contributed by atoms with Gasteiger partial charge >= 0.3 is 0 Å². The fourth-order valence-corrected chi connectivity index (χ4v) is 2.57. The van der Waals surface area contributed by atoms with E-state index in [0.29, 0.717) is 0 Å². The molecule has 3 aromatic rings. The lowest BCUT2D eigenvalue weighted by molar-refractivity contribution is 0.435. The van der Waals surface area contributed by atoms with Gasteiger partial charge in [-0.15, -0.1) is 0 Å². The molecule has 2 nitrogen and oxygen atoms in total. The first kappa shape index (κ1) is 14.6. The van der Waals surface area contributed by atoms with Crippen molar-refractivity contribution in [3.05, 3.63) is 66.2 Å². The zero-order valence-electron chi connectivity index (χ0n) is 13.0. The van der Waals surface area contributed by atoms with Gasteiger partial charge in [0.15, 0.2) is 5.76 Å². The Bertz CT molecular complexity index is 698. The summed E-state index contributed by atoms with van der Waals surface area (Å²) in [5, 5.41) is 4.17. The molecule has 0 saturated heterocycles. The molecule has 0 spiro atoms. The van der Waals surface area contributed by atoms with Crippen LogP contribution in [0.4, 0.5) is 0 Å². The van der Waals surface area contributed by atoms with E-state index in [4.69, 9.17) is 4.52 Å². The van der Waals surface area contributed by atoms with E-state index >= 15 is 0 Å². The van der Waals surface area contributed by atoms with Crippen molar-refractivity contribution in [2.45, 2.75) is 32.6 Å². The number of unbranched alkanes of at least 4 members (excludes halogenated alkanes) is 2. The van der Waals surface area contributed by atoms with Gasteiger partial charge in [-0.1, -0.05) is 79.5 Å². The minimum absolute atomic E-state index is 0.818. The van der Waals surface area contributed by atoms with Gasteiger partial charge < -0.3 is 4.52 Å². The molecular weight excluding hydrogens is 270 g/mol. The predicted octanol–water partition coefficient (Wildman–Crippen LogP) is 5.74. The molecule has 1 aromatic heterocycles. The normalized spacial score (nSPS) is 10.8. The highest BCUT2D eigenvalue weighted by Gasteiger charge is 2.08. The number of hydrogen-bond acceptors (Lipinski definition) is 2. The summed E-state index contributed by atoms with van der Waals surface area (Å²) < 4.78 is 5.49. The fourth-order valence-electron chi connectivity index (χ4n) is 2.57. The van der Waals surface area contributed by atoms with Crippen LogP contribution in [-0.4, -0.2) is 5.16 Å². The summed E-state index contributed by atoms with van der Waals surface area (Å²) >= 11 is 0. The number of benzene rings is 2. The molecule has 0 unspecified atom stereocenters. The summed E-state index contributed by atoms with van der Waals surface area (Å²) in [5.74, 6) is 0.818. The van der Waals surface area contributed by atoms with Gasteiger partial charge in [-0.25, -0.2) is 0 Å². The van der Waals surface area contributed by atoms with E-state index in [0.717, 1.165) is 29.0 Å². The topological polar surface area (TPSA) is 26.0 Å². The van der Waals surface area contributed by atoms with Gasteiger partial charge in [-0.3, -0.25) is 0 Å². The second-order valence-corrected chi connectivity index (χ2v) is 5.60. The van der Waals surface area contributed by atoms with Gasteiger partial charge in [0, 0.05) is 17.2 Å². The van der Waals surface area contributed by atoms with E-state index in [9.17, 15) is 0 Å². The molecular formula is C20H21NO. The van der Waals surface area contributed by atoms with Gasteiger partial charge in [0.2, 0.25) is 0 Å². The highest BCUT2D eigenvalue weighted by molar-refractivity contribution is 5.66. The van der Waals surface area contributed by atoms with Crippen molar-refractivity contribution >= 4 is 0 Å². The summed E-state index contributed by atoms with van der Waals surface area (Å²) in [6, 6.07) is 20.7. The standard InChI is InChI=1S/C20H21NO/c1-2-3-5-8-16-11-13-18(14-12-16)20-15-19(21-22-20)17-9-6-4-7-10-17/h4,6-7,9-15H,2-3,5,8H2,1H3. The molecule has 0 bridgehead atoms. The number of nitrogens with zero attached hydrogens (tertiary/aromatic N) is 1. The molecule has 0 aliphatic rings. The van der Waals surface area contributed by atoms with Crippen molar-refractivity contribution in [3.63, 3.8) is 0 Å². The van der Waals surface area contributed by atoms with Crippen molar-refractivity contribution in [1.82, 2.24) is 5.16 Å². The van der Waals surface area contributed by atoms with Gasteiger partial charge in [0.25, 0.3) is 0 Å². The molecule has 0 saturated carbocycles. The van der Waals surface area contributed by atoms with Crippen LogP contribution < -0.4 is 0 Å². The molecule has 0 atom stereocenters. The summed E-state index contributed by atoms with van der Waals surface area (Å²) in [7, 11) is 0. The van der Waals surface area contributed by atoms with Crippen molar-refractivity contribution in [3.8, 4) is 22.6 Å². The lowest BCUT2D eigenvalue weighted by atomic mass is 10.0. The highest BCUT2D eigenvalue weighted by atomic mass is 16.5. The zero-order chi connectivity index (χ0) is 15.2. The quantitative estimate of drug-likeness (QED) is 0.541. The Hall–Kier alpha value is -2.35. The Morgan fingerprint density at radius 1 is 0.864 bits per heavy atom. The average molecular weight is 291 g/mol. The van der Waals surface area contributed by atoms with E-state index in [1.165, 1.54) is 24.8 Å². The third-order valence-electron chi connectivity index (χ3n) is 3.89. The number of aryl methyl sites for hydroxylation is 1. The number of aromatic nitrogens is 1. The summed E-state index contributed by atoms with van der Waals surface area (Å²) in [6.45, 7) is 2.23. The Labute approximate surface area is 131 Å². The second kappa shape index (κ2) is 7.08. The molecule has 0 fully saturated rings. The molecule has 112 valence electrons. The Morgan fingerprint density at radius 3 is 2.36 bits per heavy atom. The summed E-state index contributed by atoms with van der Waals surface area (Å²) in [4.78, 5) is 0. The molecule has 2 aromatic carbocycles. The molecule has 1 heterocycles. The molecule has 2 heteroatoms. The first-order chi connectivity index (χ1) is 10.9. The average Bonchev–Trinajstić information content (AvgIpc) is 3.07. The second-order valence-electron chi connectivity index (χ2n) is 5.60. The van der Waals surface area contributed by atoms with Gasteiger partial charge in [0.05, 0.1) is 0 Å². The van der Waals surface area contributed by atoms with Gasteiger partial charge in [0.1, 0.15) is 5.69 Å². The molecule has 0 N–H and O–H groups in total. The van der Waals surface area contributed by atoms with Crippen LogP contribution in [0.1, 0.15) is 31.7 Å². The number of rotatable bonds is 6. The predicted molar refractivity (Wildman–Crippen MR) is 90.6 cm³/mol. The van der Waals surface area contributed by atoms with E-state index in [1.54, 1.807) is 0 Å². The van der Waals surface area contributed by atoms with E-state index in [2.05, 4.69) is 36.3 Å². The third-order valence-corrected chi connectivity index (χ3v) is 3.89. The smallest absolute Gasteiger partial charge is 0.167 e. The van der Waals surface area contributed by atoms with E-state index in [-0.39, 0.29) is 0 Å². The maximum absolute atomic E-state index is 5.49. The van der Waals surface area contributed by atoms with Gasteiger partial charge in [-0.2, -0.15) is 0 Å². The fraction of sp³-hybridized carbons (Fsp3) is 0.250. The van der Waals surface area contributed by atoms with E-state index in [1.807, 2.05) is 36.4 Å². The first-order valence-corrected chi connectivity index (χ1v) is 7.98. The summed E-state index contributed by atoms with van der Waals surface area (Å²) in [5.41, 5.74) is 4.42. The minimum atomic E-state index is 0.818. The maximum Gasteiger partial charge on any atom is 0.167 e. The van der Waals surface area contributed by atoms with Crippen LogP contribution in [0.25, 0.3) is 22.6 Å². The monoisotopic (exact) mass is 291 g/mol. The van der Waals surface area contributed by atoms with Crippen molar-refractivity contribution < 1.29 is 4.52 Å². The lowest BCUT2D eigenvalue weighted by Gasteiger charge is -2.01. The van der Waals surface area contributed by atoms with Crippen LogP contribution in [0.3, 0.4) is 0 Å². The van der Waals surface area contributed by atoms with Crippen LogP contribution in [0, 0.1) is 0 Å². The highest BCUT2D eigenvalue weighted by Crippen LogP contribution is 2.26. The Balaban J connectivity index is 1.73. The SMILES string of the molecule is CCCCCc1ccc(-c2cc(-c3ccccc3)no2)cc1. The first-order valence-electron chi connectivity index (χ1n) is 7.98. The van der Waals surface area contributed by atoms with Crippen LogP contribution in [0.2, 0.25) is 0 Å². The molecule has 0 amide bonds. The van der Waals surface area contributed by atoms with Crippen LogP contribution in [-0.2, 0) is 6.42 Å². The van der Waals surface area contributed by atoms with Crippen molar-refractivity contribution in [1.29, 1.82) is 0 Å². The Morgan fingerprint density at radius 2 is 1.64 bits per heavy atom. The number of hydrogen-bond donors (Lipinski definition) is 0. The molecule has 0 radical (unpaired) electrons. The molecule has 0 aliphatic heterocycles. The van der Waals surface area contributed by atoms with Crippen molar-refractivity contribution in [2.75, 3.05) is 0 Å². The molecule has 22 heavy (non-hydrogen) atoms. The van der Waals surface area contributed by atoms with Crippen LogP contribution >= 0.6 is 0 Å².